The molecule has 0 saturated carbocycles. The maximum atomic E-state index is 12.1. The number of Topliss-reactive ketones (excluding diaryl/α,β-unsaturated/α-hetero) is 1. The van der Waals surface area contributed by atoms with E-state index in [0.717, 1.165) is 17.3 Å². The topological polar surface area (TPSA) is 98.5 Å². The van der Waals surface area contributed by atoms with E-state index in [2.05, 4.69) is 10.3 Å². The summed E-state index contributed by atoms with van der Waals surface area (Å²) in [5, 5.41) is 1.81. The number of nitrogens with one attached hydrogen (secondary N) is 1. The lowest BCUT2D eigenvalue weighted by Crippen LogP contribution is -2.17. The summed E-state index contributed by atoms with van der Waals surface area (Å²) in [6.07, 6.45) is 1.61. The molecule has 25 heavy (non-hydrogen) atoms. The van der Waals surface area contributed by atoms with Gasteiger partial charge in [-0.15, -0.1) is 0 Å². The molecule has 0 aliphatic carbocycles. The van der Waals surface area contributed by atoms with E-state index < -0.39 is 5.91 Å². The van der Waals surface area contributed by atoms with Gasteiger partial charge in [0.05, 0.1) is 4.91 Å². The number of benzene rings is 1. The first-order chi connectivity index (χ1) is 11.9. The number of hydrogen-bond donors (Lipinski definition) is 1. The molecule has 1 fully saturated rings. The van der Waals surface area contributed by atoms with Crippen molar-refractivity contribution >= 4 is 34.8 Å². The monoisotopic (exact) mass is 358 g/mol. The first-order valence-electron chi connectivity index (χ1n) is 7.37. The summed E-state index contributed by atoms with van der Waals surface area (Å²) in [7, 11) is 0. The summed E-state index contributed by atoms with van der Waals surface area (Å²) < 4.78 is 10.7. The van der Waals surface area contributed by atoms with Crippen LogP contribution in [0, 0.1) is 13.8 Å². The van der Waals surface area contributed by atoms with Crippen LogP contribution in [0.1, 0.15) is 27.7 Å². The Morgan fingerprint density at radius 2 is 2.00 bits per heavy atom. The zero-order chi connectivity index (χ0) is 18.0. The van der Waals surface area contributed by atoms with Gasteiger partial charge in [-0.1, -0.05) is 12.1 Å². The predicted molar refractivity (Wildman–Crippen MR) is 91.4 cm³/mol. The summed E-state index contributed by atoms with van der Waals surface area (Å²) in [5.41, 5.74) is 1.02. The van der Waals surface area contributed by atoms with Gasteiger partial charge < -0.3 is 9.15 Å². The standard InChI is InChI=1S/C17H14N2O5S/c1-9-15(18-10(2)24-9)13(20)8-23-12-5-3-11(4-6-12)7-14-16(21)19-17(22)25-14/h3-7H,8H2,1-2H3,(H,19,21,22). The van der Waals surface area contributed by atoms with E-state index in [0.29, 0.717) is 22.3 Å². The van der Waals surface area contributed by atoms with Crippen molar-refractivity contribution < 1.29 is 23.5 Å². The molecule has 0 unspecified atom stereocenters. The second-order valence-corrected chi connectivity index (χ2v) is 6.29. The molecule has 1 aliphatic heterocycles. The van der Waals surface area contributed by atoms with Crippen LogP contribution in [-0.2, 0) is 4.79 Å². The normalized spacial score (nSPS) is 15.5. The summed E-state index contributed by atoms with van der Waals surface area (Å²) in [5.74, 6) is 0.741. The minimum Gasteiger partial charge on any atom is -0.485 e. The molecule has 1 saturated heterocycles. The number of rotatable bonds is 5. The number of ether oxygens (including phenoxy) is 1. The van der Waals surface area contributed by atoms with Gasteiger partial charge in [-0.3, -0.25) is 19.7 Å². The van der Waals surface area contributed by atoms with Crippen LogP contribution in [0.2, 0.25) is 0 Å². The van der Waals surface area contributed by atoms with Crippen molar-refractivity contribution in [3.05, 3.63) is 52.1 Å². The molecule has 0 radical (unpaired) electrons. The maximum absolute atomic E-state index is 12.1. The Hall–Kier alpha value is -2.87. The largest absolute Gasteiger partial charge is 0.485 e. The molecular weight excluding hydrogens is 344 g/mol. The van der Waals surface area contributed by atoms with Crippen LogP contribution in [0.5, 0.6) is 5.75 Å². The predicted octanol–water partition coefficient (Wildman–Crippen LogP) is 2.88. The summed E-state index contributed by atoms with van der Waals surface area (Å²) in [6.45, 7) is 3.20. The average Bonchev–Trinajstić information content (AvgIpc) is 3.07. The van der Waals surface area contributed by atoms with E-state index in [9.17, 15) is 14.4 Å². The van der Waals surface area contributed by atoms with Gasteiger partial charge in [0.1, 0.15) is 11.5 Å². The zero-order valence-electron chi connectivity index (χ0n) is 13.5. The molecule has 0 spiro atoms. The zero-order valence-corrected chi connectivity index (χ0v) is 14.3. The Balaban J connectivity index is 1.62. The van der Waals surface area contributed by atoms with Gasteiger partial charge in [0.15, 0.2) is 18.2 Å². The van der Waals surface area contributed by atoms with Crippen LogP contribution < -0.4 is 10.1 Å². The first kappa shape index (κ1) is 17.0. The van der Waals surface area contributed by atoms with Gasteiger partial charge in [0.2, 0.25) is 5.78 Å². The van der Waals surface area contributed by atoms with Crippen molar-refractivity contribution in [3.63, 3.8) is 0 Å². The fourth-order valence-electron chi connectivity index (χ4n) is 2.24. The van der Waals surface area contributed by atoms with Gasteiger partial charge in [0, 0.05) is 6.92 Å². The average molecular weight is 358 g/mol. The molecule has 1 N–H and O–H groups in total. The minimum absolute atomic E-state index is 0.153. The smallest absolute Gasteiger partial charge is 0.290 e. The number of nitrogens with zero attached hydrogens (tertiary/aromatic N) is 1. The van der Waals surface area contributed by atoms with E-state index >= 15 is 0 Å². The van der Waals surface area contributed by atoms with Gasteiger partial charge in [-0.05, 0) is 42.5 Å². The summed E-state index contributed by atoms with van der Waals surface area (Å²) in [6, 6.07) is 6.82. The third kappa shape index (κ3) is 3.97. The van der Waals surface area contributed by atoms with Crippen molar-refractivity contribution in [2.75, 3.05) is 6.61 Å². The maximum Gasteiger partial charge on any atom is 0.290 e. The Morgan fingerprint density at radius 3 is 2.56 bits per heavy atom. The van der Waals surface area contributed by atoms with Crippen LogP contribution in [-0.4, -0.2) is 28.5 Å². The van der Waals surface area contributed by atoms with Crippen molar-refractivity contribution in [3.8, 4) is 5.75 Å². The molecule has 0 bridgehead atoms. The van der Waals surface area contributed by atoms with Crippen molar-refractivity contribution in [2.24, 2.45) is 0 Å². The van der Waals surface area contributed by atoms with Gasteiger partial charge in [-0.25, -0.2) is 4.98 Å². The van der Waals surface area contributed by atoms with Crippen LogP contribution in [0.4, 0.5) is 4.79 Å². The van der Waals surface area contributed by atoms with Crippen molar-refractivity contribution in [2.45, 2.75) is 13.8 Å². The number of aryl methyl sites for hydroxylation is 2. The number of ketones is 1. The Labute approximate surface area is 147 Å². The molecule has 1 aliphatic rings. The number of imide groups is 1. The summed E-state index contributed by atoms with van der Waals surface area (Å²) in [4.78, 5) is 39.1. The quantitative estimate of drug-likeness (QED) is 0.648. The van der Waals surface area contributed by atoms with Crippen LogP contribution >= 0.6 is 11.8 Å². The highest BCUT2D eigenvalue weighted by molar-refractivity contribution is 8.18. The molecule has 2 heterocycles. The number of hydrogen-bond acceptors (Lipinski definition) is 7. The van der Waals surface area contributed by atoms with Crippen molar-refractivity contribution in [1.82, 2.24) is 10.3 Å². The number of oxazole rings is 1. The van der Waals surface area contributed by atoms with Crippen LogP contribution in [0.15, 0.2) is 33.6 Å². The van der Waals surface area contributed by atoms with Gasteiger partial charge in [0.25, 0.3) is 11.1 Å². The SMILES string of the molecule is Cc1nc(C(=O)COc2ccc(C=C3SC(=O)NC3=O)cc2)c(C)o1. The second-order valence-electron chi connectivity index (χ2n) is 5.27. The molecule has 2 aromatic rings. The highest BCUT2D eigenvalue weighted by Crippen LogP contribution is 2.26. The van der Waals surface area contributed by atoms with Gasteiger partial charge in [-0.2, -0.15) is 0 Å². The van der Waals surface area contributed by atoms with E-state index in [4.69, 9.17) is 9.15 Å². The van der Waals surface area contributed by atoms with E-state index in [1.54, 1.807) is 44.2 Å². The summed E-state index contributed by atoms with van der Waals surface area (Å²) >= 11 is 0.858. The second kappa shape index (κ2) is 6.94. The van der Waals surface area contributed by atoms with Crippen LogP contribution in [0.3, 0.4) is 0 Å². The third-order valence-corrected chi connectivity index (χ3v) is 4.17. The van der Waals surface area contributed by atoms with Gasteiger partial charge >= 0.3 is 0 Å². The first-order valence-corrected chi connectivity index (χ1v) is 8.19. The molecule has 128 valence electrons. The molecule has 0 atom stereocenters. The van der Waals surface area contributed by atoms with Crippen LogP contribution in [0.25, 0.3) is 6.08 Å². The number of carbonyl (C=O) groups is 3. The molecular formula is C17H14N2O5S. The Kier molecular flexibility index (Phi) is 4.71. The minimum atomic E-state index is -0.404. The Bertz CT molecular complexity index is 883. The number of carbonyl (C=O) groups excluding carboxylic acids is 3. The number of aromatic nitrogens is 1. The van der Waals surface area contributed by atoms with E-state index in [-0.39, 0.29) is 23.3 Å². The lowest BCUT2D eigenvalue weighted by atomic mass is 10.2. The molecule has 3 rings (SSSR count). The highest BCUT2D eigenvalue weighted by Gasteiger charge is 2.24. The molecule has 8 heteroatoms. The Morgan fingerprint density at radius 1 is 1.28 bits per heavy atom. The number of thioether (sulfide) groups is 1. The fraction of sp³-hybridized carbons (Fsp3) is 0.176. The number of amides is 2. The fourth-order valence-corrected chi connectivity index (χ4v) is 2.92. The third-order valence-electron chi connectivity index (χ3n) is 3.36. The molecule has 1 aromatic heterocycles. The molecule has 1 aromatic carbocycles. The van der Waals surface area contributed by atoms with E-state index in [1.165, 1.54) is 0 Å². The highest BCUT2D eigenvalue weighted by atomic mass is 32.2. The molecule has 7 nitrogen and oxygen atoms in total. The lowest BCUT2D eigenvalue weighted by Gasteiger charge is -2.05. The van der Waals surface area contributed by atoms with Crippen molar-refractivity contribution in [1.29, 1.82) is 0 Å². The lowest BCUT2D eigenvalue weighted by molar-refractivity contribution is -0.115. The van der Waals surface area contributed by atoms with E-state index in [1.807, 2.05) is 0 Å². The molecule has 2 amide bonds.